The molecule has 87 valence electrons. The molecular weight excluding hydrogens is 182 g/mol. The van der Waals surface area contributed by atoms with Gasteiger partial charge in [0.05, 0.1) is 0 Å². The van der Waals surface area contributed by atoms with Gasteiger partial charge in [0.2, 0.25) is 0 Å². The highest BCUT2D eigenvalue weighted by atomic mass is 15.1. The van der Waals surface area contributed by atoms with Gasteiger partial charge in [-0.05, 0) is 25.5 Å². The lowest BCUT2D eigenvalue weighted by molar-refractivity contribution is 0.530. The van der Waals surface area contributed by atoms with Crippen LogP contribution in [0, 0.1) is 6.58 Å². The lowest BCUT2D eigenvalue weighted by Gasteiger charge is -2.10. The van der Waals surface area contributed by atoms with Crippen molar-refractivity contribution in [3.8, 4) is 0 Å². The topological polar surface area (TPSA) is 3.24 Å². The quantitative estimate of drug-likeness (QED) is 0.406. The van der Waals surface area contributed by atoms with E-state index >= 15 is 0 Å². The van der Waals surface area contributed by atoms with Gasteiger partial charge < -0.3 is 4.90 Å². The van der Waals surface area contributed by atoms with Crippen molar-refractivity contribution in [1.29, 1.82) is 0 Å². The van der Waals surface area contributed by atoms with Gasteiger partial charge in [0, 0.05) is 19.8 Å². The summed E-state index contributed by atoms with van der Waals surface area (Å²) in [5.74, 6) is 0. The summed E-state index contributed by atoms with van der Waals surface area (Å²) < 4.78 is 0. The second-order valence-electron chi connectivity index (χ2n) is 4.28. The Morgan fingerprint density at radius 1 is 1.07 bits per heavy atom. The fraction of sp³-hybridized carbons (Fsp3) is 0.714. The molecule has 0 aliphatic carbocycles. The van der Waals surface area contributed by atoms with Crippen LogP contribution in [0.4, 0.5) is 0 Å². The molecule has 0 fully saturated rings. The number of hydrogen-bond donors (Lipinski definition) is 0. The maximum atomic E-state index is 5.75. The van der Waals surface area contributed by atoms with Gasteiger partial charge in [0.1, 0.15) is 0 Å². The van der Waals surface area contributed by atoms with Crippen molar-refractivity contribution in [2.45, 2.75) is 51.9 Å². The predicted octanol–water partition coefficient (Wildman–Crippen LogP) is 4.17. The number of unbranched alkanes of at least 4 members (excludes halogenated alkanes) is 6. The SMILES string of the molecule is [CH]=C(C=CCCCCCCCC)N(C)C. The van der Waals surface area contributed by atoms with Crippen molar-refractivity contribution >= 4 is 0 Å². The van der Waals surface area contributed by atoms with Crippen LogP contribution in [-0.2, 0) is 0 Å². The lowest BCUT2D eigenvalue weighted by atomic mass is 10.1. The van der Waals surface area contributed by atoms with Crippen LogP contribution in [0.15, 0.2) is 17.8 Å². The summed E-state index contributed by atoms with van der Waals surface area (Å²) in [6, 6.07) is 0. The molecule has 0 amide bonds. The lowest BCUT2D eigenvalue weighted by Crippen LogP contribution is -2.07. The van der Waals surface area contributed by atoms with Crippen molar-refractivity contribution < 1.29 is 0 Å². The van der Waals surface area contributed by atoms with Crippen LogP contribution in [0.5, 0.6) is 0 Å². The summed E-state index contributed by atoms with van der Waals surface area (Å²) in [5, 5.41) is 0. The van der Waals surface area contributed by atoms with E-state index in [1.165, 1.54) is 38.5 Å². The van der Waals surface area contributed by atoms with Crippen LogP contribution in [-0.4, -0.2) is 19.0 Å². The molecule has 0 atom stereocenters. The third-order valence-corrected chi connectivity index (χ3v) is 2.53. The number of rotatable bonds is 9. The molecule has 0 aromatic carbocycles. The van der Waals surface area contributed by atoms with Crippen LogP contribution in [0.25, 0.3) is 0 Å². The van der Waals surface area contributed by atoms with E-state index in [9.17, 15) is 0 Å². The Hall–Kier alpha value is -0.720. The molecule has 0 saturated carbocycles. The maximum Gasteiger partial charge on any atom is 0.0358 e. The van der Waals surface area contributed by atoms with E-state index < -0.39 is 0 Å². The van der Waals surface area contributed by atoms with Gasteiger partial charge in [-0.1, -0.05) is 45.1 Å². The zero-order valence-corrected chi connectivity index (χ0v) is 10.6. The summed E-state index contributed by atoms with van der Waals surface area (Å²) in [4.78, 5) is 1.93. The van der Waals surface area contributed by atoms with E-state index in [1.54, 1.807) is 0 Å². The van der Waals surface area contributed by atoms with Gasteiger partial charge >= 0.3 is 0 Å². The average molecular weight is 208 g/mol. The first-order chi connectivity index (χ1) is 7.18. The Morgan fingerprint density at radius 2 is 1.67 bits per heavy atom. The van der Waals surface area contributed by atoms with Crippen LogP contribution < -0.4 is 0 Å². The average Bonchev–Trinajstić information content (AvgIpc) is 2.21. The number of allylic oxidation sites excluding steroid dienone is 2. The highest BCUT2D eigenvalue weighted by Gasteiger charge is 1.90. The number of hydrogen-bond acceptors (Lipinski definition) is 1. The van der Waals surface area contributed by atoms with Gasteiger partial charge in [-0.3, -0.25) is 0 Å². The zero-order chi connectivity index (χ0) is 11.5. The van der Waals surface area contributed by atoms with E-state index in [2.05, 4.69) is 13.0 Å². The second-order valence-corrected chi connectivity index (χ2v) is 4.28. The summed E-state index contributed by atoms with van der Waals surface area (Å²) in [7, 11) is 3.93. The van der Waals surface area contributed by atoms with Gasteiger partial charge in [-0.25, -0.2) is 0 Å². The Balaban J connectivity index is 3.27. The van der Waals surface area contributed by atoms with Crippen molar-refractivity contribution in [2.24, 2.45) is 0 Å². The molecule has 1 heteroatoms. The fourth-order valence-electron chi connectivity index (χ4n) is 1.40. The van der Waals surface area contributed by atoms with E-state index in [4.69, 9.17) is 6.58 Å². The highest BCUT2D eigenvalue weighted by Crippen LogP contribution is 2.07. The molecule has 0 unspecified atom stereocenters. The zero-order valence-electron chi connectivity index (χ0n) is 10.6. The van der Waals surface area contributed by atoms with Gasteiger partial charge in [0.15, 0.2) is 0 Å². The molecule has 0 aromatic rings. The van der Waals surface area contributed by atoms with E-state index in [-0.39, 0.29) is 0 Å². The summed E-state index contributed by atoms with van der Waals surface area (Å²) in [6.45, 7) is 8.01. The molecule has 0 aromatic heterocycles. The van der Waals surface area contributed by atoms with Crippen molar-refractivity contribution in [3.63, 3.8) is 0 Å². The fourth-order valence-corrected chi connectivity index (χ4v) is 1.40. The first-order valence-corrected chi connectivity index (χ1v) is 6.14. The molecule has 0 aliphatic rings. The smallest absolute Gasteiger partial charge is 0.0358 e. The third-order valence-electron chi connectivity index (χ3n) is 2.53. The Bertz CT molecular complexity index is 180. The molecule has 0 N–H and O–H groups in total. The first-order valence-electron chi connectivity index (χ1n) is 6.14. The van der Waals surface area contributed by atoms with E-state index in [0.717, 1.165) is 12.1 Å². The minimum atomic E-state index is 0.834. The molecule has 0 heterocycles. The molecule has 0 spiro atoms. The molecule has 1 radical (unpaired) electrons. The minimum Gasteiger partial charge on any atom is -0.378 e. The van der Waals surface area contributed by atoms with Gasteiger partial charge in [-0.15, -0.1) is 0 Å². The number of likely N-dealkylation sites (N-methyl/N-ethyl adjacent to an activating group) is 1. The minimum absolute atomic E-state index is 0.834. The Kier molecular flexibility index (Phi) is 9.35. The normalized spacial score (nSPS) is 10.9. The van der Waals surface area contributed by atoms with E-state index in [0.29, 0.717) is 0 Å². The van der Waals surface area contributed by atoms with Gasteiger partial charge in [0.25, 0.3) is 0 Å². The van der Waals surface area contributed by atoms with Crippen LogP contribution >= 0.6 is 0 Å². The van der Waals surface area contributed by atoms with E-state index in [1.807, 2.05) is 25.1 Å². The summed E-state index contributed by atoms with van der Waals surface area (Å²) in [5.41, 5.74) is 0.834. The van der Waals surface area contributed by atoms with Crippen LogP contribution in [0.1, 0.15) is 51.9 Å². The molecule has 15 heavy (non-hydrogen) atoms. The van der Waals surface area contributed by atoms with Crippen LogP contribution in [0.3, 0.4) is 0 Å². The van der Waals surface area contributed by atoms with Crippen molar-refractivity contribution in [1.82, 2.24) is 4.90 Å². The molecular formula is C14H26N. The second kappa shape index (κ2) is 9.82. The molecule has 1 nitrogen and oxygen atoms in total. The largest absolute Gasteiger partial charge is 0.378 e. The summed E-state index contributed by atoms with van der Waals surface area (Å²) >= 11 is 0. The maximum absolute atomic E-state index is 5.75. The Morgan fingerprint density at radius 3 is 2.27 bits per heavy atom. The standard InChI is InChI=1S/C14H26N/c1-5-6-7-8-9-10-11-12-13-14(2)15(3)4/h2,12-13H,5-11H2,1,3-4H3. The Labute approximate surface area is 95.9 Å². The third kappa shape index (κ3) is 9.58. The monoisotopic (exact) mass is 208 g/mol. The molecule has 0 aliphatic heterocycles. The summed E-state index contributed by atoms with van der Waals surface area (Å²) in [6.07, 6.45) is 13.5. The molecule has 0 rings (SSSR count). The number of nitrogens with zero attached hydrogens (tertiary/aromatic N) is 1. The molecule has 0 bridgehead atoms. The molecule has 0 saturated heterocycles. The van der Waals surface area contributed by atoms with Crippen LogP contribution in [0.2, 0.25) is 0 Å². The van der Waals surface area contributed by atoms with Crippen molar-refractivity contribution in [2.75, 3.05) is 14.1 Å². The van der Waals surface area contributed by atoms with Gasteiger partial charge in [-0.2, -0.15) is 0 Å². The predicted molar refractivity (Wildman–Crippen MR) is 68.6 cm³/mol. The van der Waals surface area contributed by atoms with Crippen molar-refractivity contribution in [3.05, 3.63) is 24.4 Å². The first kappa shape index (κ1) is 14.3. The highest BCUT2D eigenvalue weighted by molar-refractivity contribution is 5.09.